The molecule has 0 bridgehead atoms. The van der Waals surface area contributed by atoms with Crippen molar-refractivity contribution in [1.82, 2.24) is 20.0 Å². The molecule has 7 heteroatoms. The van der Waals surface area contributed by atoms with Crippen molar-refractivity contribution >= 4 is 27.3 Å². The Morgan fingerprint density at radius 2 is 2.16 bits per heavy atom. The predicted molar refractivity (Wildman–Crippen MR) is 126 cm³/mol. The van der Waals surface area contributed by atoms with E-state index < -0.39 is 0 Å². The normalized spacial score (nSPS) is 17.3. The first-order valence-electron chi connectivity index (χ1n) is 11.1. The lowest BCUT2D eigenvalue weighted by atomic mass is 9.93. The Balaban J connectivity index is 1.60. The molecule has 1 N–H and O–H groups in total. The molecule has 4 rings (SSSR count). The van der Waals surface area contributed by atoms with Gasteiger partial charge in [-0.1, -0.05) is 24.6 Å². The largest absolute Gasteiger partial charge is 0.383 e. The molecule has 1 atom stereocenters. The van der Waals surface area contributed by atoms with Crippen molar-refractivity contribution in [3.8, 4) is 0 Å². The number of amides is 1. The topological polar surface area (TPSA) is 59.4 Å². The predicted octanol–water partition coefficient (Wildman–Crippen LogP) is 3.92. The second kappa shape index (κ2) is 9.94. The van der Waals surface area contributed by atoms with Crippen molar-refractivity contribution < 1.29 is 9.53 Å². The minimum absolute atomic E-state index is 0.0127. The number of thiophene rings is 1. The molecule has 1 amide bonds. The fourth-order valence-electron chi connectivity index (χ4n) is 4.59. The van der Waals surface area contributed by atoms with Crippen LogP contribution in [0.25, 0.3) is 10.1 Å². The molecule has 1 fully saturated rings. The minimum Gasteiger partial charge on any atom is -0.383 e. The fraction of sp³-hybridized carbons (Fsp3) is 0.500. The number of ether oxygens (including phenoxy) is 1. The SMILES string of the molecule is COCCNC(=O)c1sc2ccccc2c1C[C@@H]1CCCCN1Cc1cn(C)nc1C. The number of hydrogen-bond donors (Lipinski definition) is 1. The molecular formula is C24H32N4O2S. The van der Waals surface area contributed by atoms with Gasteiger partial charge >= 0.3 is 0 Å². The molecule has 0 saturated carbocycles. The summed E-state index contributed by atoms with van der Waals surface area (Å²) in [5.74, 6) is 0.0127. The molecule has 1 saturated heterocycles. The number of fused-ring (bicyclic) bond motifs is 1. The first-order valence-corrected chi connectivity index (χ1v) is 11.9. The van der Waals surface area contributed by atoms with Crippen LogP contribution in [0.15, 0.2) is 30.5 Å². The molecule has 3 heterocycles. The zero-order chi connectivity index (χ0) is 21.8. The van der Waals surface area contributed by atoms with Gasteiger partial charge in [0.1, 0.15) is 0 Å². The van der Waals surface area contributed by atoms with Gasteiger partial charge in [-0.05, 0) is 49.7 Å². The molecule has 1 aromatic carbocycles. The third-order valence-corrected chi connectivity index (χ3v) is 7.39. The summed E-state index contributed by atoms with van der Waals surface area (Å²) < 4.78 is 8.18. The van der Waals surface area contributed by atoms with E-state index in [1.54, 1.807) is 18.4 Å². The van der Waals surface area contributed by atoms with Crippen LogP contribution in [0.5, 0.6) is 0 Å². The van der Waals surface area contributed by atoms with Gasteiger partial charge in [0.05, 0.1) is 17.2 Å². The van der Waals surface area contributed by atoms with Crippen molar-refractivity contribution in [2.75, 3.05) is 26.8 Å². The minimum atomic E-state index is 0.0127. The smallest absolute Gasteiger partial charge is 0.261 e. The molecule has 0 aliphatic carbocycles. The van der Waals surface area contributed by atoms with Gasteiger partial charge in [0.25, 0.3) is 5.91 Å². The highest BCUT2D eigenvalue weighted by atomic mass is 32.1. The maximum Gasteiger partial charge on any atom is 0.261 e. The van der Waals surface area contributed by atoms with Crippen molar-refractivity contribution in [2.24, 2.45) is 7.05 Å². The van der Waals surface area contributed by atoms with Crippen LogP contribution in [0, 0.1) is 6.92 Å². The van der Waals surface area contributed by atoms with Gasteiger partial charge in [-0.25, -0.2) is 0 Å². The molecule has 1 aliphatic rings. The lowest BCUT2D eigenvalue weighted by Gasteiger charge is -2.36. The zero-order valence-electron chi connectivity index (χ0n) is 18.7. The highest BCUT2D eigenvalue weighted by molar-refractivity contribution is 7.21. The molecule has 0 radical (unpaired) electrons. The van der Waals surface area contributed by atoms with E-state index in [9.17, 15) is 4.79 Å². The Labute approximate surface area is 188 Å². The number of piperidine rings is 1. The van der Waals surface area contributed by atoms with Gasteiger partial charge in [0.2, 0.25) is 0 Å². The Morgan fingerprint density at radius 3 is 2.94 bits per heavy atom. The van der Waals surface area contributed by atoms with Gasteiger partial charge in [0, 0.05) is 49.7 Å². The maximum atomic E-state index is 13.0. The van der Waals surface area contributed by atoms with Crippen molar-refractivity contribution in [3.63, 3.8) is 0 Å². The van der Waals surface area contributed by atoms with Crippen LogP contribution in [-0.4, -0.2) is 53.4 Å². The number of carbonyl (C=O) groups excluding carboxylic acids is 1. The van der Waals surface area contributed by atoms with Gasteiger partial charge < -0.3 is 10.1 Å². The molecule has 0 unspecified atom stereocenters. The van der Waals surface area contributed by atoms with Crippen LogP contribution in [0.3, 0.4) is 0 Å². The quantitative estimate of drug-likeness (QED) is 0.540. The van der Waals surface area contributed by atoms with E-state index in [0.29, 0.717) is 19.2 Å². The summed E-state index contributed by atoms with van der Waals surface area (Å²) in [6.45, 7) is 5.15. The number of benzene rings is 1. The van der Waals surface area contributed by atoms with Crippen LogP contribution in [0.1, 0.15) is 45.8 Å². The molecule has 0 spiro atoms. The van der Waals surface area contributed by atoms with E-state index in [-0.39, 0.29) is 5.91 Å². The number of nitrogens with zero attached hydrogens (tertiary/aromatic N) is 3. The van der Waals surface area contributed by atoms with E-state index in [1.807, 2.05) is 17.8 Å². The van der Waals surface area contributed by atoms with E-state index in [2.05, 4.69) is 46.6 Å². The van der Waals surface area contributed by atoms with Crippen LogP contribution in [-0.2, 0) is 24.8 Å². The summed E-state index contributed by atoms with van der Waals surface area (Å²) in [4.78, 5) is 16.4. The summed E-state index contributed by atoms with van der Waals surface area (Å²) >= 11 is 1.60. The lowest BCUT2D eigenvalue weighted by Crippen LogP contribution is -2.40. The second-order valence-corrected chi connectivity index (χ2v) is 9.44. The molecular weight excluding hydrogens is 408 g/mol. The summed E-state index contributed by atoms with van der Waals surface area (Å²) in [6, 6.07) is 8.83. The van der Waals surface area contributed by atoms with Gasteiger partial charge in [-0.2, -0.15) is 5.10 Å². The Morgan fingerprint density at radius 1 is 1.32 bits per heavy atom. The molecule has 2 aromatic heterocycles. The van der Waals surface area contributed by atoms with E-state index >= 15 is 0 Å². The number of aryl methyl sites for hydroxylation is 2. The Kier molecular flexibility index (Phi) is 7.05. The molecule has 3 aromatic rings. The Bertz CT molecular complexity index is 1040. The van der Waals surface area contributed by atoms with Crippen LogP contribution in [0.4, 0.5) is 0 Å². The fourth-order valence-corrected chi connectivity index (χ4v) is 5.74. The maximum absolute atomic E-state index is 13.0. The van der Waals surface area contributed by atoms with E-state index in [1.165, 1.54) is 34.1 Å². The number of carbonyl (C=O) groups is 1. The number of likely N-dealkylation sites (tertiary alicyclic amines) is 1. The molecule has 6 nitrogen and oxygen atoms in total. The molecule has 31 heavy (non-hydrogen) atoms. The Hall–Kier alpha value is -2.22. The standard InChI is InChI=1S/C24H32N4O2S/c1-17-18(15-27(2)26-17)16-28-12-7-6-8-19(28)14-21-20-9-4-5-10-22(20)31-23(21)24(29)25-11-13-30-3/h4-5,9-10,15,19H,6-8,11-14,16H2,1-3H3,(H,25,29)/t19-/m0/s1. The van der Waals surface area contributed by atoms with Crippen LogP contribution in [0.2, 0.25) is 0 Å². The zero-order valence-corrected chi connectivity index (χ0v) is 19.5. The average Bonchev–Trinajstić information content (AvgIpc) is 3.28. The van der Waals surface area contributed by atoms with Crippen molar-refractivity contribution in [1.29, 1.82) is 0 Å². The highest BCUT2D eigenvalue weighted by Gasteiger charge is 2.27. The first-order chi connectivity index (χ1) is 15.1. The summed E-state index contributed by atoms with van der Waals surface area (Å²) in [7, 11) is 3.63. The molecule has 166 valence electrons. The van der Waals surface area contributed by atoms with Crippen LogP contribution >= 0.6 is 11.3 Å². The highest BCUT2D eigenvalue weighted by Crippen LogP contribution is 2.34. The van der Waals surface area contributed by atoms with Gasteiger partial charge in [-0.15, -0.1) is 11.3 Å². The number of hydrogen-bond acceptors (Lipinski definition) is 5. The third-order valence-electron chi connectivity index (χ3n) is 6.17. The van der Waals surface area contributed by atoms with Gasteiger partial charge in [-0.3, -0.25) is 14.4 Å². The lowest BCUT2D eigenvalue weighted by molar-refractivity contribution is 0.0939. The monoisotopic (exact) mass is 440 g/mol. The number of nitrogens with one attached hydrogen (secondary N) is 1. The molecule has 1 aliphatic heterocycles. The number of methoxy groups -OCH3 is 1. The van der Waals surface area contributed by atoms with Crippen molar-refractivity contribution in [2.45, 2.75) is 45.2 Å². The summed E-state index contributed by atoms with van der Waals surface area (Å²) in [5.41, 5.74) is 3.59. The van der Waals surface area contributed by atoms with Crippen LogP contribution < -0.4 is 5.32 Å². The van der Waals surface area contributed by atoms with E-state index in [4.69, 9.17) is 4.74 Å². The first kappa shape index (κ1) is 22.0. The number of rotatable bonds is 8. The van der Waals surface area contributed by atoms with Gasteiger partial charge in [0.15, 0.2) is 0 Å². The summed E-state index contributed by atoms with van der Waals surface area (Å²) in [6.07, 6.45) is 6.66. The van der Waals surface area contributed by atoms with E-state index in [0.717, 1.165) is 36.5 Å². The van der Waals surface area contributed by atoms with Crippen molar-refractivity contribution in [3.05, 3.63) is 52.2 Å². The second-order valence-electron chi connectivity index (χ2n) is 8.39. The number of aromatic nitrogens is 2. The third kappa shape index (κ3) is 5.00. The average molecular weight is 441 g/mol. The summed E-state index contributed by atoms with van der Waals surface area (Å²) in [5, 5.41) is 8.76.